The Balaban J connectivity index is 2.34. The van der Waals surface area contributed by atoms with Gasteiger partial charge in [0, 0.05) is 6.61 Å². The molecule has 0 aromatic heterocycles. The van der Waals surface area contributed by atoms with Crippen LogP contribution in [0.25, 0.3) is 0 Å². The van der Waals surface area contributed by atoms with Crippen LogP contribution in [0.1, 0.15) is 28.8 Å². The fraction of sp³-hybridized carbons (Fsp3) is 0.533. The van der Waals surface area contributed by atoms with Gasteiger partial charge in [-0.05, 0) is 37.5 Å². The number of hydrogen-bond donors (Lipinski definition) is 0. The normalized spacial score (nSPS) is 18.8. The molecule has 2 rings (SSSR count). The summed E-state index contributed by atoms with van der Waals surface area (Å²) in [6.07, 6.45) is -3.83. The van der Waals surface area contributed by atoms with E-state index in [-0.39, 0.29) is 12.2 Å². The van der Waals surface area contributed by atoms with Crippen LogP contribution in [0.15, 0.2) is 12.1 Å². The minimum absolute atomic E-state index is 0.0255. The molecule has 8 heteroatoms. The molecule has 1 atom stereocenters. The molecule has 1 unspecified atom stereocenters. The average molecular weight is 337 g/mol. The van der Waals surface area contributed by atoms with Gasteiger partial charge < -0.3 is 9.64 Å². The van der Waals surface area contributed by atoms with E-state index in [4.69, 9.17) is 4.74 Å². The first-order valence-corrected chi connectivity index (χ1v) is 7.10. The van der Waals surface area contributed by atoms with Crippen LogP contribution in [-0.4, -0.2) is 42.8 Å². The minimum atomic E-state index is -4.65. The van der Waals surface area contributed by atoms with Gasteiger partial charge in [-0.25, -0.2) is 8.78 Å². The van der Waals surface area contributed by atoms with E-state index in [1.54, 1.807) is 0 Å². The number of benzene rings is 1. The van der Waals surface area contributed by atoms with Gasteiger partial charge in [0.15, 0.2) is 0 Å². The summed E-state index contributed by atoms with van der Waals surface area (Å²) in [6.45, 7) is 0.111. The van der Waals surface area contributed by atoms with E-state index in [2.05, 4.69) is 0 Å². The predicted molar refractivity (Wildman–Crippen MR) is 72.0 cm³/mol. The molecule has 3 nitrogen and oxygen atoms in total. The number of halogens is 5. The number of hydrogen-bond acceptors (Lipinski definition) is 2. The molecular formula is C15H16F5NO2. The number of alkyl halides is 3. The summed E-state index contributed by atoms with van der Waals surface area (Å²) in [5, 5.41) is 0. The molecule has 128 valence electrons. The lowest BCUT2D eigenvalue weighted by atomic mass is 10.0. The monoisotopic (exact) mass is 337 g/mol. The molecule has 1 aromatic carbocycles. The van der Waals surface area contributed by atoms with E-state index in [1.165, 1.54) is 6.92 Å². The Bertz CT molecular complexity index is 582. The molecule has 1 aliphatic heterocycles. The molecular weight excluding hydrogens is 321 g/mol. The summed E-state index contributed by atoms with van der Waals surface area (Å²) in [4.78, 5) is 12.9. The third-order valence-electron chi connectivity index (χ3n) is 3.67. The van der Waals surface area contributed by atoms with Crippen molar-refractivity contribution in [3.8, 4) is 0 Å². The van der Waals surface area contributed by atoms with Gasteiger partial charge in [-0.1, -0.05) is 0 Å². The van der Waals surface area contributed by atoms with Crippen molar-refractivity contribution >= 4 is 5.91 Å². The molecule has 0 spiro atoms. The second-order valence-corrected chi connectivity index (χ2v) is 5.50. The zero-order valence-electron chi connectivity index (χ0n) is 12.4. The van der Waals surface area contributed by atoms with Gasteiger partial charge in [-0.15, -0.1) is 0 Å². The van der Waals surface area contributed by atoms with Crippen molar-refractivity contribution in [3.05, 3.63) is 34.9 Å². The molecule has 1 aromatic rings. The molecule has 0 N–H and O–H groups in total. The Kier molecular flexibility index (Phi) is 5.23. The molecule has 0 bridgehead atoms. The van der Waals surface area contributed by atoms with Gasteiger partial charge in [-0.2, -0.15) is 13.2 Å². The Morgan fingerprint density at radius 1 is 1.30 bits per heavy atom. The van der Waals surface area contributed by atoms with Crippen molar-refractivity contribution in [3.63, 3.8) is 0 Å². The summed E-state index contributed by atoms with van der Waals surface area (Å²) < 4.78 is 70.9. The second kappa shape index (κ2) is 6.82. The maximum Gasteiger partial charge on any atom is 0.406 e. The third-order valence-corrected chi connectivity index (χ3v) is 3.67. The number of nitrogens with zero attached hydrogens (tertiary/aromatic N) is 1. The molecule has 1 saturated heterocycles. The number of rotatable bonds is 3. The summed E-state index contributed by atoms with van der Waals surface area (Å²) in [5.74, 6) is -3.08. The number of ether oxygens (including phenoxy) is 1. The highest BCUT2D eigenvalue weighted by Crippen LogP contribution is 2.25. The maximum absolute atomic E-state index is 13.9. The van der Waals surface area contributed by atoms with E-state index < -0.39 is 41.9 Å². The first-order valence-electron chi connectivity index (χ1n) is 7.10. The molecule has 1 fully saturated rings. The fourth-order valence-corrected chi connectivity index (χ4v) is 2.49. The number of carbonyl (C=O) groups excluding carboxylic acids is 1. The van der Waals surface area contributed by atoms with Crippen LogP contribution >= 0.6 is 0 Å². The Morgan fingerprint density at radius 3 is 2.57 bits per heavy atom. The fourth-order valence-electron chi connectivity index (χ4n) is 2.49. The molecule has 1 amide bonds. The van der Waals surface area contributed by atoms with E-state index in [0.29, 0.717) is 30.4 Å². The quantitative estimate of drug-likeness (QED) is 0.791. The Labute approximate surface area is 130 Å². The van der Waals surface area contributed by atoms with Crippen LogP contribution in [0.2, 0.25) is 0 Å². The lowest BCUT2D eigenvalue weighted by molar-refractivity contribution is -0.148. The van der Waals surface area contributed by atoms with E-state index in [9.17, 15) is 26.7 Å². The van der Waals surface area contributed by atoms with Crippen molar-refractivity contribution in [2.75, 3.05) is 19.8 Å². The van der Waals surface area contributed by atoms with E-state index in [1.807, 2.05) is 0 Å². The predicted octanol–water partition coefficient (Wildman–Crippen LogP) is 3.46. The van der Waals surface area contributed by atoms with E-state index in [0.717, 1.165) is 6.07 Å². The standard InChI is InChI=1S/C15H16F5NO2/c1-9-5-13(17)11(6-12(9)16)14(22)21(8-15(18,19)20)10-3-2-4-23-7-10/h5-6,10H,2-4,7-8H2,1H3. The number of amides is 1. The Hall–Kier alpha value is -1.70. The largest absolute Gasteiger partial charge is 0.406 e. The van der Waals surface area contributed by atoms with Gasteiger partial charge in [0.2, 0.25) is 0 Å². The lowest BCUT2D eigenvalue weighted by Gasteiger charge is -2.34. The Morgan fingerprint density at radius 2 is 2.00 bits per heavy atom. The van der Waals surface area contributed by atoms with Crippen LogP contribution < -0.4 is 0 Å². The molecule has 1 aliphatic rings. The van der Waals surface area contributed by atoms with Crippen LogP contribution in [-0.2, 0) is 4.74 Å². The first-order chi connectivity index (χ1) is 10.7. The number of carbonyl (C=O) groups is 1. The van der Waals surface area contributed by atoms with Gasteiger partial charge in [0.1, 0.15) is 18.2 Å². The van der Waals surface area contributed by atoms with Crippen LogP contribution in [0, 0.1) is 18.6 Å². The first kappa shape index (κ1) is 17.7. The smallest absolute Gasteiger partial charge is 0.379 e. The highest BCUT2D eigenvalue weighted by atomic mass is 19.4. The molecule has 1 heterocycles. The van der Waals surface area contributed by atoms with Crippen molar-refractivity contribution < 1.29 is 31.5 Å². The van der Waals surface area contributed by atoms with Gasteiger partial charge in [0.25, 0.3) is 5.91 Å². The third kappa shape index (κ3) is 4.40. The molecule has 23 heavy (non-hydrogen) atoms. The summed E-state index contributed by atoms with van der Waals surface area (Å²) in [7, 11) is 0. The maximum atomic E-state index is 13.9. The van der Waals surface area contributed by atoms with Crippen molar-refractivity contribution in [1.82, 2.24) is 4.90 Å². The topological polar surface area (TPSA) is 29.5 Å². The number of aryl methyl sites for hydroxylation is 1. The molecule has 0 saturated carbocycles. The van der Waals surface area contributed by atoms with Crippen LogP contribution in [0.3, 0.4) is 0 Å². The zero-order chi connectivity index (χ0) is 17.2. The van der Waals surface area contributed by atoms with Gasteiger partial charge in [-0.3, -0.25) is 4.79 Å². The average Bonchev–Trinajstić information content (AvgIpc) is 2.48. The van der Waals surface area contributed by atoms with Crippen LogP contribution in [0.5, 0.6) is 0 Å². The zero-order valence-corrected chi connectivity index (χ0v) is 12.4. The van der Waals surface area contributed by atoms with E-state index >= 15 is 0 Å². The SMILES string of the molecule is Cc1cc(F)c(C(=O)N(CC(F)(F)F)C2CCCOC2)cc1F. The van der Waals surface area contributed by atoms with Gasteiger partial charge in [0.05, 0.1) is 18.2 Å². The summed E-state index contributed by atoms with van der Waals surface area (Å²) >= 11 is 0. The summed E-state index contributed by atoms with van der Waals surface area (Å²) in [5.41, 5.74) is -0.731. The minimum Gasteiger partial charge on any atom is -0.379 e. The van der Waals surface area contributed by atoms with Crippen molar-refractivity contribution in [1.29, 1.82) is 0 Å². The van der Waals surface area contributed by atoms with Crippen molar-refractivity contribution in [2.45, 2.75) is 32.0 Å². The highest BCUT2D eigenvalue weighted by Gasteiger charge is 2.38. The summed E-state index contributed by atoms with van der Waals surface area (Å²) in [6, 6.07) is 0.618. The molecule has 0 aliphatic carbocycles. The lowest BCUT2D eigenvalue weighted by Crippen LogP contribution is -2.49. The van der Waals surface area contributed by atoms with Crippen molar-refractivity contribution in [2.24, 2.45) is 0 Å². The highest BCUT2D eigenvalue weighted by molar-refractivity contribution is 5.95. The van der Waals surface area contributed by atoms with Gasteiger partial charge >= 0.3 is 6.18 Å². The van der Waals surface area contributed by atoms with Crippen LogP contribution in [0.4, 0.5) is 22.0 Å². The molecule has 0 radical (unpaired) electrons. The second-order valence-electron chi connectivity index (χ2n) is 5.50.